The van der Waals surface area contributed by atoms with E-state index in [2.05, 4.69) is 26.8 Å². The molecule has 0 aromatic heterocycles. The molecule has 0 aromatic rings. The Morgan fingerprint density at radius 2 is 1.48 bits per heavy atom. The van der Waals surface area contributed by atoms with E-state index in [1.54, 1.807) is 5.31 Å². The molecule has 21 heavy (non-hydrogen) atoms. The van der Waals surface area contributed by atoms with Gasteiger partial charge in [-0.2, -0.15) is 0 Å². The summed E-state index contributed by atoms with van der Waals surface area (Å²) in [5.74, 6) is 0. The molecule has 0 unspecified atom stereocenters. The number of nitriles is 1. The molecule has 1 heterocycles. The molecule has 0 N–H and O–H groups in total. The zero-order valence-corrected chi connectivity index (χ0v) is 15.6. The van der Waals surface area contributed by atoms with Gasteiger partial charge in [0.15, 0.2) is 0 Å². The minimum absolute atomic E-state index is 1.22. The summed E-state index contributed by atoms with van der Waals surface area (Å²) in [6, 6.07) is 2.42. The van der Waals surface area contributed by atoms with E-state index >= 15 is 0 Å². The van der Waals surface area contributed by atoms with Crippen molar-refractivity contribution in [3.8, 4) is 6.07 Å². The SMILES string of the molecule is CCCCP1(CCCC)(CCCC)CCCC/C1=C\C#N. The van der Waals surface area contributed by atoms with E-state index in [1.165, 1.54) is 82.4 Å². The maximum absolute atomic E-state index is 9.34. The average molecular weight is 309 g/mol. The predicted octanol–water partition coefficient (Wildman–Crippen LogP) is 6.53. The second-order valence-electron chi connectivity index (χ2n) is 7.15. The number of nitrogens with zero attached hydrogens (tertiary/aromatic N) is 1. The Labute approximate surface area is 133 Å². The van der Waals surface area contributed by atoms with Crippen molar-refractivity contribution in [1.82, 2.24) is 0 Å². The Kier molecular flexibility index (Phi) is 7.97. The van der Waals surface area contributed by atoms with Gasteiger partial charge in [-0.15, -0.1) is 0 Å². The Morgan fingerprint density at radius 1 is 0.952 bits per heavy atom. The molecule has 0 radical (unpaired) electrons. The molecule has 1 aliphatic heterocycles. The van der Waals surface area contributed by atoms with Crippen LogP contribution in [0.1, 0.15) is 78.6 Å². The first-order valence-electron chi connectivity index (χ1n) is 9.26. The van der Waals surface area contributed by atoms with E-state index in [1.807, 2.05) is 6.08 Å². The fourth-order valence-electron chi connectivity index (χ4n) is 4.44. The van der Waals surface area contributed by atoms with Crippen LogP contribution in [0.15, 0.2) is 11.4 Å². The molecule has 0 amide bonds. The van der Waals surface area contributed by atoms with Crippen molar-refractivity contribution in [3.05, 3.63) is 11.4 Å². The average Bonchev–Trinajstić information content (AvgIpc) is 2.52. The van der Waals surface area contributed by atoms with Gasteiger partial charge in [-0.3, -0.25) is 0 Å². The molecule has 0 aliphatic carbocycles. The van der Waals surface area contributed by atoms with Crippen LogP contribution >= 0.6 is 6.60 Å². The first kappa shape index (κ1) is 18.7. The van der Waals surface area contributed by atoms with Crippen LogP contribution in [-0.4, -0.2) is 24.6 Å². The molecule has 1 nitrogen and oxygen atoms in total. The first-order chi connectivity index (χ1) is 10.2. The van der Waals surface area contributed by atoms with Crippen molar-refractivity contribution < 1.29 is 0 Å². The van der Waals surface area contributed by atoms with E-state index in [0.29, 0.717) is 0 Å². The molecule has 0 spiro atoms. The van der Waals surface area contributed by atoms with Crippen LogP contribution in [0.2, 0.25) is 0 Å². The Bertz CT molecular complexity index is 353. The summed E-state index contributed by atoms with van der Waals surface area (Å²) in [5, 5.41) is 11.0. The topological polar surface area (TPSA) is 23.8 Å². The van der Waals surface area contributed by atoms with Crippen molar-refractivity contribution in [3.63, 3.8) is 0 Å². The van der Waals surface area contributed by atoms with Gasteiger partial charge in [0, 0.05) is 0 Å². The number of allylic oxidation sites excluding steroid dienone is 2. The second kappa shape index (κ2) is 8.95. The zero-order valence-electron chi connectivity index (χ0n) is 14.7. The summed E-state index contributed by atoms with van der Waals surface area (Å²) in [4.78, 5) is 0. The quantitative estimate of drug-likeness (QED) is 0.351. The molecule has 1 rings (SSSR count). The number of rotatable bonds is 9. The van der Waals surface area contributed by atoms with Crippen molar-refractivity contribution in [2.45, 2.75) is 78.6 Å². The van der Waals surface area contributed by atoms with Crippen molar-refractivity contribution in [2.24, 2.45) is 0 Å². The van der Waals surface area contributed by atoms with Crippen LogP contribution in [-0.2, 0) is 0 Å². The normalized spacial score (nSPS) is 24.1. The monoisotopic (exact) mass is 309 g/mol. The predicted molar refractivity (Wildman–Crippen MR) is 98.7 cm³/mol. The van der Waals surface area contributed by atoms with Gasteiger partial charge in [0.2, 0.25) is 0 Å². The third-order valence-electron chi connectivity index (χ3n) is 5.76. The van der Waals surface area contributed by atoms with Crippen LogP contribution in [0.4, 0.5) is 0 Å². The Balaban J connectivity index is 3.24. The third kappa shape index (κ3) is 4.32. The van der Waals surface area contributed by atoms with Gasteiger partial charge >= 0.3 is 133 Å². The first-order valence-corrected chi connectivity index (χ1v) is 12.2. The summed E-state index contributed by atoms with van der Waals surface area (Å²) in [7, 11) is 0. The van der Waals surface area contributed by atoms with E-state index in [0.717, 1.165) is 0 Å². The maximum atomic E-state index is 9.34. The van der Waals surface area contributed by atoms with Crippen molar-refractivity contribution in [1.29, 1.82) is 5.26 Å². The van der Waals surface area contributed by atoms with Gasteiger partial charge in [-0.25, -0.2) is 0 Å². The number of unbranched alkanes of at least 4 members (excludes halogenated alkanes) is 3. The number of hydrogen-bond acceptors (Lipinski definition) is 1. The molecule has 0 atom stereocenters. The van der Waals surface area contributed by atoms with E-state index in [4.69, 9.17) is 0 Å². The van der Waals surface area contributed by atoms with E-state index in [-0.39, 0.29) is 0 Å². The Morgan fingerprint density at radius 3 is 1.90 bits per heavy atom. The number of hydrogen-bond donors (Lipinski definition) is 0. The fraction of sp³-hybridized carbons (Fsp3) is 0.842. The van der Waals surface area contributed by atoms with Crippen LogP contribution in [0.3, 0.4) is 0 Å². The molecule has 1 fully saturated rings. The van der Waals surface area contributed by atoms with Crippen LogP contribution in [0, 0.1) is 11.3 Å². The van der Waals surface area contributed by atoms with E-state index in [9.17, 15) is 5.26 Å². The van der Waals surface area contributed by atoms with Gasteiger partial charge < -0.3 is 0 Å². The van der Waals surface area contributed by atoms with Gasteiger partial charge in [-0.1, -0.05) is 0 Å². The van der Waals surface area contributed by atoms with Gasteiger partial charge in [0.1, 0.15) is 0 Å². The molecule has 0 aromatic carbocycles. The van der Waals surface area contributed by atoms with E-state index < -0.39 is 6.60 Å². The molecule has 1 saturated heterocycles. The molecule has 0 bridgehead atoms. The standard InChI is InChI=1S/C19H36NP/c1-4-7-15-21(16-8-5-2,17-9-6-3)18-11-10-12-19(21)13-14-20/h13H,4-12,15-18H2,1-3H3/b19-13+. The minimum atomic E-state index is -1.80. The van der Waals surface area contributed by atoms with Crippen LogP contribution in [0.25, 0.3) is 0 Å². The van der Waals surface area contributed by atoms with Gasteiger partial charge in [0.05, 0.1) is 0 Å². The zero-order chi connectivity index (χ0) is 15.6. The van der Waals surface area contributed by atoms with Crippen LogP contribution in [0.5, 0.6) is 0 Å². The summed E-state index contributed by atoms with van der Waals surface area (Å²) in [6.07, 6.45) is 19.7. The van der Waals surface area contributed by atoms with Gasteiger partial charge in [0.25, 0.3) is 0 Å². The summed E-state index contributed by atoms with van der Waals surface area (Å²) >= 11 is 0. The summed E-state index contributed by atoms with van der Waals surface area (Å²) in [5.41, 5.74) is 0. The second-order valence-corrected chi connectivity index (χ2v) is 13.5. The molecular weight excluding hydrogens is 273 g/mol. The fourth-order valence-corrected chi connectivity index (χ4v) is 12.6. The molecular formula is C19H36NP. The van der Waals surface area contributed by atoms with Crippen LogP contribution < -0.4 is 0 Å². The Hall–Kier alpha value is -0.340. The summed E-state index contributed by atoms with van der Waals surface area (Å²) in [6.45, 7) is 5.17. The molecule has 0 saturated carbocycles. The summed E-state index contributed by atoms with van der Waals surface area (Å²) < 4.78 is 0. The third-order valence-corrected chi connectivity index (χ3v) is 13.7. The molecule has 1 aliphatic rings. The van der Waals surface area contributed by atoms with Crippen molar-refractivity contribution in [2.75, 3.05) is 24.6 Å². The van der Waals surface area contributed by atoms with Crippen molar-refractivity contribution >= 4 is 6.60 Å². The molecule has 2 heteroatoms. The molecule has 122 valence electrons. The van der Waals surface area contributed by atoms with Gasteiger partial charge in [-0.05, 0) is 0 Å².